The van der Waals surface area contributed by atoms with E-state index in [1.807, 2.05) is 25.4 Å². The fourth-order valence-corrected chi connectivity index (χ4v) is 1.62. The normalized spacial score (nSPS) is 11.0. The summed E-state index contributed by atoms with van der Waals surface area (Å²) in [7, 11) is 1.88. The third kappa shape index (κ3) is 1.41. The van der Waals surface area contributed by atoms with Crippen molar-refractivity contribution in [2.45, 2.75) is 6.54 Å². The van der Waals surface area contributed by atoms with Crippen LogP contribution in [0.5, 0.6) is 0 Å². The standard InChI is InChI=1S/C9H10ClN3/c1-13-5-7-2-8(10)6(4-11)3-9(7)12-13/h2-3,5H,4,11H2,1H3. The smallest absolute Gasteiger partial charge is 0.0927 e. The lowest BCUT2D eigenvalue weighted by atomic mass is 10.2. The molecule has 0 atom stereocenters. The summed E-state index contributed by atoms with van der Waals surface area (Å²) in [6, 6.07) is 3.82. The molecule has 1 heterocycles. The highest BCUT2D eigenvalue weighted by atomic mass is 35.5. The number of benzene rings is 1. The van der Waals surface area contributed by atoms with E-state index < -0.39 is 0 Å². The van der Waals surface area contributed by atoms with Gasteiger partial charge in [0.15, 0.2) is 0 Å². The Morgan fingerprint density at radius 2 is 2.31 bits per heavy atom. The fraction of sp³-hybridized carbons (Fsp3) is 0.222. The quantitative estimate of drug-likeness (QED) is 0.753. The van der Waals surface area contributed by atoms with Crippen LogP contribution in [0.25, 0.3) is 10.9 Å². The van der Waals surface area contributed by atoms with Crippen LogP contribution in [0.3, 0.4) is 0 Å². The maximum Gasteiger partial charge on any atom is 0.0927 e. The van der Waals surface area contributed by atoms with E-state index in [0.717, 1.165) is 16.5 Å². The number of fused-ring (bicyclic) bond motifs is 1. The Balaban J connectivity index is 2.72. The lowest BCUT2D eigenvalue weighted by molar-refractivity contribution is 0.779. The second-order valence-electron chi connectivity index (χ2n) is 3.01. The van der Waals surface area contributed by atoms with E-state index in [1.54, 1.807) is 4.68 Å². The molecular weight excluding hydrogens is 186 g/mol. The summed E-state index contributed by atoms with van der Waals surface area (Å²) in [4.78, 5) is 0. The van der Waals surface area contributed by atoms with Crippen LogP contribution in [-0.2, 0) is 13.6 Å². The molecule has 13 heavy (non-hydrogen) atoms. The minimum atomic E-state index is 0.450. The van der Waals surface area contributed by atoms with Crippen molar-refractivity contribution in [1.29, 1.82) is 0 Å². The van der Waals surface area contributed by atoms with Crippen LogP contribution in [0.2, 0.25) is 5.02 Å². The zero-order chi connectivity index (χ0) is 9.42. The average molecular weight is 196 g/mol. The molecule has 2 aromatic rings. The van der Waals surface area contributed by atoms with E-state index in [2.05, 4.69) is 5.10 Å². The highest BCUT2D eigenvalue weighted by Gasteiger charge is 2.03. The predicted molar refractivity (Wildman–Crippen MR) is 53.6 cm³/mol. The number of aryl methyl sites for hydroxylation is 1. The second-order valence-corrected chi connectivity index (χ2v) is 3.42. The summed E-state index contributed by atoms with van der Waals surface area (Å²) >= 11 is 6.00. The Bertz CT molecular complexity index is 447. The van der Waals surface area contributed by atoms with Gasteiger partial charge in [-0.2, -0.15) is 5.10 Å². The van der Waals surface area contributed by atoms with Gasteiger partial charge in [0.1, 0.15) is 0 Å². The zero-order valence-corrected chi connectivity index (χ0v) is 8.04. The number of rotatable bonds is 1. The summed E-state index contributed by atoms with van der Waals surface area (Å²) in [5, 5.41) is 6.02. The zero-order valence-electron chi connectivity index (χ0n) is 7.29. The highest BCUT2D eigenvalue weighted by Crippen LogP contribution is 2.22. The van der Waals surface area contributed by atoms with E-state index >= 15 is 0 Å². The van der Waals surface area contributed by atoms with Gasteiger partial charge in [-0.15, -0.1) is 0 Å². The first kappa shape index (κ1) is 8.53. The fourth-order valence-electron chi connectivity index (χ4n) is 1.37. The lowest BCUT2D eigenvalue weighted by Crippen LogP contribution is -1.96. The Morgan fingerprint density at radius 3 is 3.00 bits per heavy atom. The molecular formula is C9H10ClN3. The van der Waals surface area contributed by atoms with E-state index in [0.29, 0.717) is 11.6 Å². The summed E-state index contributed by atoms with van der Waals surface area (Å²) in [6.07, 6.45) is 1.93. The molecule has 2 N–H and O–H groups in total. The van der Waals surface area contributed by atoms with Crippen LogP contribution in [0.15, 0.2) is 18.3 Å². The van der Waals surface area contributed by atoms with Crippen molar-refractivity contribution in [1.82, 2.24) is 9.78 Å². The van der Waals surface area contributed by atoms with Gasteiger partial charge in [-0.05, 0) is 17.7 Å². The molecule has 0 unspecified atom stereocenters. The molecule has 0 bridgehead atoms. The predicted octanol–water partition coefficient (Wildman–Crippen LogP) is 1.69. The number of halogens is 1. The Kier molecular flexibility index (Phi) is 1.98. The van der Waals surface area contributed by atoms with E-state index in [1.165, 1.54) is 0 Å². The van der Waals surface area contributed by atoms with E-state index in [4.69, 9.17) is 17.3 Å². The van der Waals surface area contributed by atoms with Gasteiger partial charge in [-0.1, -0.05) is 11.6 Å². The van der Waals surface area contributed by atoms with Crippen LogP contribution in [0, 0.1) is 0 Å². The van der Waals surface area contributed by atoms with Crippen molar-refractivity contribution >= 4 is 22.5 Å². The topological polar surface area (TPSA) is 43.8 Å². The van der Waals surface area contributed by atoms with Crippen LogP contribution < -0.4 is 5.73 Å². The van der Waals surface area contributed by atoms with Gasteiger partial charge in [0.05, 0.1) is 5.52 Å². The van der Waals surface area contributed by atoms with Gasteiger partial charge in [0, 0.05) is 30.2 Å². The van der Waals surface area contributed by atoms with Gasteiger partial charge in [-0.3, -0.25) is 4.68 Å². The lowest BCUT2D eigenvalue weighted by Gasteiger charge is -1.98. The summed E-state index contributed by atoms with van der Waals surface area (Å²) in [6.45, 7) is 0.450. The van der Waals surface area contributed by atoms with Gasteiger partial charge >= 0.3 is 0 Å². The Hall–Kier alpha value is -1.06. The number of hydrogen-bond donors (Lipinski definition) is 1. The van der Waals surface area contributed by atoms with Crippen LogP contribution in [0.4, 0.5) is 0 Å². The van der Waals surface area contributed by atoms with E-state index in [-0.39, 0.29) is 0 Å². The van der Waals surface area contributed by atoms with Gasteiger partial charge < -0.3 is 5.73 Å². The number of hydrogen-bond acceptors (Lipinski definition) is 2. The summed E-state index contributed by atoms with van der Waals surface area (Å²) in [5.41, 5.74) is 7.40. The van der Waals surface area contributed by atoms with Gasteiger partial charge in [0.25, 0.3) is 0 Å². The second kappa shape index (κ2) is 3.01. The number of nitrogens with two attached hydrogens (primary N) is 1. The third-order valence-electron chi connectivity index (χ3n) is 2.01. The maximum absolute atomic E-state index is 6.00. The van der Waals surface area contributed by atoms with Crippen molar-refractivity contribution in [3.8, 4) is 0 Å². The molecule has 68 valence electrons. The van der Waals surface area contributed by atoms with Crippen molar-refractivity contribution < 1.29 is 0 Å². The molecule has 0 spiro atoms. The van der Waals surface area contributed by atoms with Crippen molar-refractivity contribution in [3.63, 3.8) is 0 Å². The highest BCUT2D eigenvalue weighted by molar-refractivity contribution is 6.32. The summed E-state index contributed by atoms with van der Waals surface area (Å²) in [5.74, 6) is 0. The Morgan fingerprint density at radius 1 is 1.54 bits per heavy atom. The molecule has 1 aromatic carbocycles. The molecule has 0 fully saturated rings. The largest absolute Gasteiger partial charge is 0.326 e. The first-order valence-corrected chi connectivity index (χ1v) is 4.40. The van der Waals surface area contributed by atoms with E-state index in [9.17, 15) is 0 Å². The van der Waals surface area contributed by atoms with Crippen molar-refractivity contribution in [2.24, 2.45) is 12.8 Å². The molecule has 0 radical (unpaired) electrons. The minimum absolute atomic E-state index is 0.450. The van der Waals surface area contributed by atoms with Gasteiger partial charge in [-0.25, -0.2) is 0 Å². The van der Waals surface area contributed by atoms with Gasteiger partial charge in [0.2, 0.25) is 0 Å². The maximum atomic E-state index is 6.00. The van der Waals surface area contributed by atoms with Crippen LogP contribution >= 0.6 is 11.6 Å². The SMILES string of the molecule is Cn1cc2cc(Cl)c(CN)cc2n1. The molecule has 0 saturated carbocycles. The molecule has 4 heteroatoms. The van der Waals surface area contributed by atoms with Crippen LogP contribution in [0.1, 0.15) is 5.56 Å². The molecule has 0 aliphatic heterocycles. The summed E-state index contributed by atoms with van der Waals surface area (Å²) < 4.78 is 1.77. The third-order valence-corrected chi connectivity index (χ3v) is 2.36. The number of aromatic nitrogens is 2. The molecule has 0 aliphatic rings. The average Bonchev–Trinajstić information content (AvgIpc) is 2.42. The number of nitrogens with zero attached hydrogens (tertiary/aromatic N) is 2. The molecule has 0 aliphatic carbocycles. The van der Waals surface area contributed by atoms with Crippen molar-refractivity contribution in [3.05, 3.63) is 28.9 Å². The molecule has 2 rings (SSSR count). The molecule has 1 aromatic heterocycles. The monoisotopic (exact) mass is 195 g/mol. The van der Waals surface area contributed by atoms with Crippen LogP contribution in [-0.4, -0.2) is 9.78 Å². The molecule has 0 saturated heterocycles. The first-order chi connectivity index (χ1) is 6.20. The minimum Gasteiger partial charge on any atom is -0.326 e. The Labute approximate surface area is 81.1 Å². The van der Waals surface area contributed by atoms with Crippen molar-refractivity contribution in [2.75, 3.05) is 0 Å². The molecule has 0 amide bonds. The molecule has 3 nitrogen and oxygen atoms in total. The first-order valence-electron chi connectivity index (χ1n) is 4.02.